The van der Waals surface area contributed by atoms with Gasteiger partial charge in [0.25, 0.3) is 0 Å². The number of aromatic nitrogens is 9. The molecule has 3 amide bonds. The zero-order chi connectivity index (χ0) is 77.8. The second-order valence-corrected chi connectivity index (χ2v) is 28.6. The van der Waals surface area contributed by atoms with Gasteiger partial charge in [0.1, 0.15) is 93.0 Å². The summed E-state index contributed by atoms with van der Waals surface area (Å²) in [5.41, 5.74) is 26.6. The maximum absolute atomic E-state index is 16.2. The number of ether oxygens (including phenoxy) is 3. The van der Waals surface area contributed by atoms with Crippen LogP contribution in [0.4, 0.5) is 21.8 Å². The molecule has 111 heavy (non-hydrogen) atoms. The van der Waals surface area contributed by atoms with Gasteiger partial charge in [-0.2, -0.15) is 4.39 Å². The molecule has 0 aliphatic carbocycles. The fourth-order valence-corrected chi connectivity index (χ4v) is 14.8. The summed E-state index contributed by atoms with van der Waals surface area (Å²) >= 11 is 7.04. The van der Waals surface area contributed by atoms with Crippen LogP contribution in [0.25, 0.3) is 66.5 Å². The standard InChI is InChI=1S/C29H32N6O2.C28H29ClN6O2.C28H29FN6O2/c1-20-26(21-11-13-24(14-12-21)37-23-8-5-4-6-9-23)27-28(30)31-19-32-29(27)35(20)22-15-17-34(18-22)25(36)10-7-16-33(2)3;2*1-33(2)15-6-9-23(36)34-16-14-20(17-34)35-26(29)24(25-27(30)31-18-32-28(25)35)19-10-12-22(13-11-19)37-21-7-4-3-5-8-21/h4-14,19,22H,15-18H2,1-3H3,(H2,30,31,32);2*3-13,18,20H,14-17H2,1-2H3,(H2,30,31,32)/b10-7+;2*9-6+/t22-;2*20-/m111/s1. The van der Waals surface area contributed by atoms with E-state index in [1.165, 1.54) is 19.0 Å². The summed E-state index contributed by atoms with van der Waals surface area (Å²) in [4.78, 5) is 75.8. The van der Waals surface area contributed by atoms with E-state index in [2.05, 4.69) is 41.4 Å². The van der Waals surface area contributed by atoms with Crippen LogP contribution in [0.2, 0.25) is 5.15 Å². The average Bonchev–Trinajstić information content (AvgIpc) is 1.60. The van der Waals surface area contributed by atoms with Crippen molar-refractivity contribution in [2.75, 3.05) is 118 Å². The molecule has 6 aromatic carbocycles. The summed E-state index contributed by atoms with van der Waals surface area (Å²) in [6, 6.07) is 51.5. The molecule has 3 aliphatic heterocycles. The summed E-state index contributed by atoms with van der Waals surface area (Å²) in [5, 5.41) is 2.54. The second kappa shape index (κ2) is 34.9. The molecule has 3 aliphatic rings. The third-order valence-electron chi connectivity index (χ3n) is 19.6. The molecule has 3 saturated heterocycles. The van der Waals surface area contributed by atoms with Crippen molar-refractivity contribution < 1.29 is 33.0 Å². The van der Waals surface area contributed by atoms with E-state index < -0.39 is 5.95 Å². The normalized spacial score (nSPS) is 15.8. The largest absolute Gasteiger partial charge is 0.457 e. The number of rotatable bonds is 21. The monoisotopic (exact) mass is 1510 g/mol. The van der Waals surface area contributed by atoms with Gasteiger partial charge in [-0.05, 0) is 158 Å². The summed E-state index contributed by atoms with van der Waals surface area (Å²) in [6.07, 6.45) is 17.1. The first kappa shape index (κ1) is 76.9. The van der Waals surface area contributed by atoms with Crippen LogP contribution in [0.3, 0.4) is 0 Å². The van der Waals surface area contributed by atoms with E-state index in [0.717, 1.165) is 75.6 Å². The van der Waals surface area contributed by atoms with Gasteiger partial charge in [0, 0.05) is 99.5 Å². The molecule has 0 spiro atoms. The third-order valence-corrected chi connectivity index (χ3v) is 20.0. The number of nitrogens with zero attached hydrogens (tertiary/aromatic N) is 15. The van der Waals surface area contributed by atoms with Crippen LogP contribution in [0, 0.1) is 12.9 Å². The van der Waals surface area contributed by atoms with Crippen molar-refractivity contribution >= 4 is 79.9 Å². The summed E-state index contributed by atoms with van der Waals surface area (Å²) in [7, 11) is 11.8. The van der Waals surface area contributed by atoms with Gasteiger partial charge in [-0.25, -0.2) is 29.9 Å². The van der Waals surface area contributed by atoms with Crippen LogP contribution in [0.5, 0.6) is 34.5 Å². The van der Waals surface area contributed by atoms with Crippen molar-refractivity contribution in [3.8, 4) is 67.9 Å². The van der Waals surface area contributed by atoms with E-state index in [1.54, 1.807) is 52.0 Å². The fourth-order valence-electron chi connectivity index (χ4n) is 14.3. The number of likely N-dealkylation sites (N-methyl/N-ethyl adjacent to an activating group) is 3. The van der Waals surface area contributed by atoms with Gasteiger partial charge in [0.2, 0.25) is 23.7 Å². The number of carbonyl (C=O) groups excluding carboxylic acids is 3. The Hall–Kier alpha value is -12.3. The molecule has 12 aromatic rings. The quantitative estimate of drug-likeness (QED) is 0.0564. The van der Waals surface area contributed by atoms with E-state index in [-0.39, 0.29) is 41.7 Å². The predicted octanol–water partition coefficient (Wildman–Crippen LogP) is 14.2. The number of likely N-dealkylation sites (tertiary alicyclic amines) is 3. The number of hydrogen-bond acceptors (Lipinski definition) is 18. The lowest BCUT2D eigenvalue weighted by Gasteiger charge is -2.18. The minimum atomic E-state index is -0.443. The number of amides is 3. The smallest absolute Gasteiger partial charge is 0.246 e. The van der Waals surface area contributed by atoms with Crippen molar-refractivity contribution in [3.63, 3.8) is 0 Å². The highest BCUT2D eigenvalue weighted by molar-refractivity contribution is 6.35. The molecule has 26 heteroatoms. The van der Waals surface area contributed by atoms with Gasteiger partial charge in [-0.15, -0.1) is 0 Å². The molecule has 9 heterocycles. The molecule has 3 atom stereocenters. The lowest BCUT2D eigenvalue weighted by molar-refractivity contribution is -0.125. The number of hydrogen-bond donors (Lipinski definition) is 3. The van der Waals surface area contributed by atoms with E-state index in [1.807, 2.05) is 229 Å². The molecule has 570 valence electrons. The number of para-hydroxylation sites is 3. The number of halogens is 2. The highest BCUT2D eigenvalue weighted by Crippen LogP contribution is 2.46. The van der Waals surface area contributed by atoms with Crippen molar-refractivity contribution in [1.29, 1.82) is 0 Å². The molecule has 0 unspecified atom stereocenters. The van der Waals surface area contributed by atoms with Crippen molar-refractivity contribution in [2.45, 2.75) is 44.3 Å². The summed E-state index contributed by atoms with van der Waals surface area (Å²) in [6.45, 7) is 7.66. The van der Waals surface area contributed by atoms with Crippen LogP contribution in [0.15, 0.2) is 219 Å². The zero-order valence-electron chi connectivity index (χ0n) is 63.1. The Morgan fingerprint density at radius 2 is 0.721 bits per heavy atom. The van der Waals surface area contributed by atoms with Gasteiger partial charge in [0.05, 0.1) is 34.3 Å². The summed E-state index contributed by atoms with van der Waals surface area (Å²) in [5.74, 6) is 4.92. The van der Waals surface area contributed by atoms with E-state index in [9.17, 15) is 14.4 Å². The van der Waals surface area contributed by atoms with Crippen LogP contribution in [-0.4, -0.2) is 192 Å². The first-order valence-corrected chi connectivity index (χ1v) is 37.2. The van der Waals surface area contributed by atoms with Gasteiger partial charge < -0.3 is 69.9 Å². The van der Waals surface area contributed by atoms with Gasteiger partial charge in [-0.1, -0.05) is 121 Å². The Morgan fingerprint density at radius 1 is 0.423 bits per heavy atom. The van der Waals surface area contributed by atoms with Gasteiger partial charge in [0.15, 0.2) is 0 Å². The Labute approximate surface area is 649 Å². The molecular weight excluding hydrogens is 1420 g/mol. The number of fused-ring (bicyclic) bond motifs is 3. The lowest BCUT2D eigenvalue weighted by Crippen LogP contribution is -2.28. The zero-order valence-corrected chi connectivity index (χ0v) is 63.9. The van der Waals surface area contributed by atoms with Crippen LogP contribution in [0.1, 0.15) is 43.1 Å². The van der Waals surface area contributed by atoms with E-state index in [0.29, 0.717) is 126 Å². The molecule has 0 bridgehead atoms. The molecule has 15 rings (SSSR count). The fraction of sp³-hybridized carbons (Fsp3) is 0.259. The third kappa shape index (κ3) is 17.7. The molecule has 24 nitrogen and oxygen atoms in total. The van der Waals surface area contributed by atoms with E-state index >= 15 is 4.39 Å². The molecule has 0 saturated carbocycles. The Morgan fingerprint density at radius 3 is 1.09 bits per heavy atom. The topological polar surface area (TPSA) is 269 Å². The first-order chi connectivity index (χ1) is 53.8. The number of nitrogens with two attached hydrogens (primary N) is 3. The Bertz CT molecular complexity index is 4820. The van der Waals surface area contributed by atoms with Gasteiger partial charge in [-0.3, -0.25) is 19.0 Å². The average molecular weight is 1510 g/mol. The SMILES string of the molecule is CN(C)C/C=C/C(=O)N1CC[C@@H](n2c(Cl)c(-c3ccc(Oc4ccccc4)cc3)c3c(N)ncnc32)C1.CN(C)C/C=C/C(=O)N1CC[C@@H](n2c(F)c(-c3ccc(Oc4ccccc4)cc3)c3c(N)ncnc32)C1.Cc1c(-c2ccc(Oc3ccccc3)cc2)c2c(N)ncnc2n1[C@@H]1CCN(C(=O)/C=C/CN(C)C)C1. The number of nitrogen functional groups attached to an aromatic ring is 3. The summed E-state index contributed by atoms with van der Waals surface area (Å²) < 4.78 is 39.7. The minimum absolute atomic E-state index is 0.000280. The maximum atomic E-state index is 16.2. The number of anilines is 3. The number of benzene rings is 6. The van der Waals surface area contributed by atoms with Crippen LogP contribution >= 0.6 is 11.6 Å². The Balaban J connectivity index is 0.000000146. The maximum Gasteiger partial charge on any atom is 0.246 e. The number of carbonyl (C=O) groups is 3. The van der Waals surface area contributed by atoms with E-state index in [4.69, 9.17) is 43.0 Å². The van der Waals surface area contributed by atoms with Gasteiger partial charge >= 0.3 is 0 Å². The lowest BCUT2D eigenvalue weighted by atomic mass is 10.0. The Kier molecular flexibility index (Phi) is 24.2. The van der Waals surface area contributed by atoms with Crippen molar-refractivity contribution in [1.82, 2.24) is 73.0 Å². The molecule has 6 N–H and O–H groups in total. The van der Waals surface area contributed by atoms with Crippen LogP contribution in [-0.2, 0) is 14.4 Å². The highest BCUT2D eigenvalue weighted by atomic mass is 35.5. The first-order valence-electron chi connectivity index (χ1n) is 36.8. The van der Waals surface area contributed by atoms with Crippen molar-refractivity contribution in [3.05, 3.63) is 236 Å². The van der Waals surface area contributed by atoms with Crippen LogP contribution < -0.4 is 31.4 Å². The van der Waals surface area contributed by atoms with Crippen molar-refractivity contribution in [2.24, 2.45) is 0 Å². The molecular formula is C85H90ClFN18O6. The molecule has 0 radical (unpaired) electrons. The minimum Gasteiger partial charge on any atom is -0.457 e. The second-order valence-electron chi connectivity index (χ2n) is 28.3. The predicted molar refractivity (Wildman–Crippen MR) is 435 cm³/mol. The molecule has 6 aromatic heterocycles. The highest BCUT2D eigenvalue weighted by Gasteiger charge is 2.36. The molecule has 3 fully saturated rings.